The van der Waals surface area contributed by atoms with Gasteiger partial charge in [0, 0.05) is 38.9 Å². The summed E-state index contributed by atoms with van der Waals surface area (Å²) < 4.78 is 0. The van der Waals surface area contributed by atoms with Crippen molar-refractivity contribution in [1.82, 2.24) is 9.88 Å². The molecule has 0 aromatic carbocycles. The number of nitrogens with zero attached hydrogens (tertiary/aromatic N) is 3. The number of rotatable bonds is 5. The van der Waals surface area contributed by atoms with E-state index in [1.54, 1.807) is 13.1 Å². The molecule has 0 saturated carbocycles. The molecule has 1 aromatic heterocycles. The summed E-state index contributed by atoms with van der Waals surface area (Å²) in [7, 11) is 0. The molecule has 2 N–H and O–H groups in total. The topological polar surface area (TPSA) is 68.7 Å². The summed E-state index contributed by atoms with van der Waals surface area (Å²) in [4.78, 5) is 19.7. The van der Waals surface area contributed by atoms with E-state index in [0.29, 0.717) is 0 Å². The molecule has 110 valence electrons. The van der Waals surface area contributed by atoms with Crippen molar-refractivity contribution in [3.8, 4) is 0 Å². The molecule has 0 amide bonds. The molecule has 1 aromatic rings. The van der Waals surface area contributed by atoms with Crippen LogP contribution in [0.4, 0.5) is 11.5 Å². The first-order chi connectivity index (χ1) is 9.63. The Morgan fingerprint density at radius 2 is 2.15 bits per heavy atom. The first kappa shape index (κ1) is 14.6. The highest BCUT2D eigenvalue weighted by atomic mass is 16.4. The largest absolute Gasteiger partial charge is 0.480 e. The molecule has 1 saturated heterocycles. The number of carboxylic acid groups (broad SMARTS) is 1. The number of aromatic nitrogens is 1. The minimum Gasteiger partial charge on any atom is -0.480 e. The maximum Gasteiger partial charge on any atom is 0.320 e. The van der Waals surface area contributed by atoms with E-state index in [2.05, 4.69) is 22.1 Å². The van der Waals surface area contributed by atoms with Crippen LogP contribution in [0.3, 0.4) is 0 Å². The van der Waals surface area contributed by atoms with Crippen molar-refractivity contribution in [3.05, 3.63) is 18.3 Å². The zero-order valence-corrected chi connectivity index (χ0v) is 12.0. The van der Waals surface area contributed by atoms with Crippen molar-refractivity contribution in [2.24, 2.45) is 0 Å². The molecule has 0 aliphatic carbocycles. The number of piperazine rings is 1. The van der Waals surface area contributed by atoms with Crippen molar-refractivity contribution < 1.29 is 9.90 Å². The second kappa shape index (κ2) is 6.56. The molecule has 0 spiro atoms. The third-order valence-corrected chi connectivity index (χ3v) is 3.67. The van der Waals surface area contributed by atoms with Gasteiger partial charge in [-0.15, -0.1) is 0 Å². The number of anilines is 2. The Kier molecular flexibility index (Phi) is 4.79. The van der Waals surface area contributed by atoms with Gasteiger partial charge in [0.1, 0.15) is 6.04 Å². The maximum absolute atomic E-state index is 11.0. The van der Waals surface area contributed by atoms with E-state index in [1.807, 2.05) is 17.0 Å². The van der Waals surface area contributed by atoms with Crippen LogP contribution < -0.4 is 10.2 Å². The molecule has 2 rings (SSSR count). The van der Waals surface area contributed by atoms with E-state index in [9.17, 15) is 4.79 Å². The second-order valence-electron chi connectivity index (χ2n) is 4.94. The fraction of sp³-hybridized carbons (Fsp3) is 0.571. The molecule has 1 aliphatic rings. The first-order valence-electron chi connectivity index (χ1n) is 7.04. The van der Waals surface area contributed by atoms with E-state index in [-0.39, 0.29) is 0 Å². The number of hydrogen-bond acceptors (Lipinski definition) is 5. The fourth-order valence-corrected chi connectivity index (χ4v) is 2.45. The van der Waals surface area contributed by atoms with Gasteiger partial charge >= 0.3 is 5.97 Å². The molecule has 1 atom stereocenters. The van der Waals surface area contributed by atoms with E-state index in [0.717, 1.165) is 44.2 Å². The molecule has 0 bridgehead atoms. The molecular weight excluding hydrogens is 256 g/mol. The summed E-state index contributed by atoms with van der Waals surface area (Å²) in [5.41, 5.74) is 1.04. The lowest BCUT2D eigenvalue weighted by atomic mass is 10.2. The number of pyridine rings is 1. The lowest BCUT2D eigenvalue weighted by Gasteiger charge is -2.37. The Morgan fingerprint density at radius 1 is 1.45 bits per heavy atom. The van der Waals surface area contributed by atoms with Crippen LogP contribution in [0.25, 0.3) is 0 Å². The molecule has 6 nitrogen and oxygen atoms in total. The average molecular weight is 278 g/mol. The second-order valence-corrected chi connectivity index (χ2v) is 4.94. The fourth-order valence-electron chi connectivity index (χ4n) is 2.45. The molecule has 1 fully saturated rings. The lowest BCUT2D eigenvalue weighted by molar-refractivity contribution is -0.142. The van der Waals surface area contributed by atoms with Crippen LogP contribution >= 0.6 is 0 Å². The number of nitrogens with one attached hydrogen (secondary N) is 1. The van der Waals surface area contributed by atoms with Gasteiger partial charge in [0.15, 0.2) is 5.82 Å². The van der Waals surface area contributed by atoms with Crippen LogP contribution in [0.2, 0.25) is 0 Å². The van der Waals surface area contributed by atoms with Crippen LogP contribution in [0.15, 0.2) is 18.3 Å². The van der Waals surface area contributed by atoms with Gasteiger partial charge in [0.2, 0.25) is 0 Å². The van der Waals surface area contributed by atoms with E-state index >= 15 is 0 Å². The molecule has 1 aliphatic heterocycles. The third kappa shape index (κ3) is 3.19. The Morgan fingerprint density at radius 3 is 2.75 bits per heavy atom. The highest BCUT2D eigenvalue weighted by molar-refractivity contribution is 5.73. The molecule has 6 heteroatoms. The summed E-state index contributed by atoms with van der Waals surface area (Å²) in [5.74, 6) is 0.196. The number of hydrogen-bond donors (Lipinski definition) is 2. The summed E-state index contributed by atoms with van der Waals surface area (Å²) >= 11 is 0. The van der Waals surface area contributed by atoms with Crippen LogP contribution in [0.5, 0.6) is 0 Å². The van der Waals surface area contributed by atoms with Crippen LogP contribution in [0.1, 0.15) is 13.8 Å². The Labute approximate surface area is 119 Å². The summed E-state index contributed by atoms with van der Waals surface area (Å²) in [6.45, 7) is 7.74. The van der Waals surface area contributed by atoms with Gasteiger partial charge in [0.05, 0.1) is 5.69 Å². The minimum absolute atomic E-state index is 0.422. The first-order valence-corrected chi connectivity index (χ1v) is 7.04. The predicted octanol–water partition coefficient (Wildman–Crippen LogP) is 1.11. The molecular formula is C14H22N4O2. The standard InChI is InChI=1S/C14H22N4O2/c1-3-15-12-5-4-6-16-13(12)18-9-7-17(8-10-18)11(2)14(19)20/h4-6,11,15H,3,7-10H2,1-2H3,(H,19,20). The van der Waals surface area contributed by atoms with Crippen LogP contribution in [0, 0.1) is 0 Å². The lowest BCUT2D eigenvalue weighted by Crippen LogP contribution is -2.52. The predicted molar refractivity (Wildman–Crippen MR) is 79.3 cm³/mol. The maximum atomic E-state index is 11.0. The van der Waals surface area contributed by atoms with Crippen molar-refractivity contribution in [1.29, 1.82) is 0 Å². The Balaban J connectivity index is 2.02. The van der Waals surface area contributed by atoms with Crippen molar-refractivity contribution in [3.63, 3.8) is 0 Å². The zero-order chi connectivity index (χ0) is 14.5. The highest BCUT2D eigenvalue weighted by Gasteiger charge is 2.26. The molecule has 20 heavy (non-hydrogen) atoms. The smallest absolute Gasteiger partial charge is 0.320 e. The van der Waals surface area contributed by atoms with Gasteiger partial charge in [-0.25, -0.2) is 4.98 Å². The molecule has 2 heterocycles. The van der Waals surface area contributed by atoms with Gasteiger partial charge in [-0.3, -0.25) is 9.69 Å². The van der Waals surface area contributed by atoms with Crippen LogP contribution in [-0.2, 0) is 4.79 Å². The Bertz CT molecular complexity index is 458. The van der Waals surface area contributed by atoms with Gasteiger partial charge in [0.25, 0.3) is 0 Å². The molecule has 0 radical (unpaired) electrons. The van der Waals surface area contributed by atoms with E-state index in [1.165, 1.54) is 0 Å². The highest BCUT2D eigenvalue weighted by Crippen LogP contribution is 2.23. The van der Waals surface area contributed by atoms with Crippen molar-refractivity contribution >= 4 is 17.5 Å². The van der Waals surface area contributed by atoms with Gasteiger partial charge in [-0.1, -0.05) is 0 Å². The van der Waals surface area contributed by atoms with Crippen molar-refractivity contribution in [2.75, 3.05) is 42.9 Å². The molecule has 1 unspecified atom stereocenters. The van der Waals surface area contributed by atoms with Gasteiger partial charge in [-0.05, 0) is 26.0 Å². The van der Waals surface area contributed by atoms with Crippen LogP contribution in [-0.4, -0.2) is 59.7 Å². The third-order valence-electron chi connectivity index (χ3n) is 3.67. The van der Waals surface area contributed by atoms with E-state index in [4.69, 9.17) is 5.11 Å². The number of aliphatic carboxylic acids is 1. The summed E-state index contributed by atoms with van der Waals surface area (Å²) in [6, 6.07) is 3.52. The normalized spacial score (nSPS) is 17.8. The van der Waals surface area contributed by atoms with Gasteiger partial charge < -0.3 is 15.3 Å². The minimum atomic E-state index is -0.760. The van der Waals surface area contributed by atoms with E-state index < -0.39 is 12.0 Å². The number of carboxylic acids is 1. The Hall–Kier alpha value is -1.82. The van der Waals surface area contributed by atoms with Gasteiger partial charge in [-0.2, -0.15) is 0 Å². The summed E-state index contributed by atoms with van der Waals surface area (Å²) in [5, 5.41) is 12.4. The quantitative estimate of drug-likeness (QED) is 0.841. The monoisotopic (exact) mass is 278 g/mol. The zero-order valence-electron chi connectivity index (χ0n) is 12.0. The number of carbonyl (C=O) groups is 1. The summed E-state index contributed by atoms with van der Waals surface area (Å²) in [6.07, 6.45) is 1.79. The van der Waals surface area contributed by atoms with Crippen molar-refractivity contribution in [2.45, 2.75) is 19.9 Å². The average Bonchev–Trinajstić information content (AvgIpc) is 2.47. The SMILES string of the molecule is CCNc1cccnc1N1CCN(C(C)C(=O)O)CC1.